The Balaban J connectivity index is 2.20. The van der Waals surface area contributed by atoms with Gasteiger partial charge in [0, 0.05) is 12.4 Å². The Morgan fingerprint density at radius 3 is 3.00 bits per heavy atom. The molecular weight excluding hydrogens is 190 g/mol. The van der Waals surface area contributed by atoms with Gasteiger partial charge in [0.05, 0.1) is 18.5 Å². The van der Waals surface area contributed by atoms with Gasteiger partial charge in [-0.15, -0.1) is 0 Å². The molecule has 1 aromatic rings. The summed E-state index contributed by atoms with van der Waals surface area (Å²) in [6.45, 7) is 0.796. The van der Waals surface area contributed by atoms with Crippen LogP contribution in [0.5, 0.6) is 0 Å². The third-order valence-electron chi connectivity index (χ3n) is 2.41. The van der Waals surface area contributed by atoms with Crippen molar-refractivity contribution >= 4 is 0 Å². The van der Waals surface area contributed by atoms with Crippen LogP contribution in [0.3, 0.4) is 0 Å². The van der Waals surface area contributed by atoms with E-state index in [9.17, 15) is 0 Å². The van der Waals surface area contributed by atoms with Crippen molar-refractivity contribution in [2.75, 3.05) is 13.7 Å². The lowest BCUT2D eigenvalue weighted by Crippen LogP contribution is -2.23. The van der Waals surface area contributed by atoms with Gasteiger partial charge in [-0.25, -0.2) is 0 Å². The topological polar surface area (TPSA) is 47.0 Å². The van der Waals surface area contributed by atoms with Crippen molar-refractivity contribution in [3.8, 4) is 0 Å². The molecule has 4 nitrogen and oxygen atoms in total. The zero-order valence-electron chi connectivity index (χ0n) is 8.81. The summed E-state index contributed by atoms with van der Waals surface area (Å²) in [6, 6.07) is 0.0269. The van der Waals surface area contributed by atoms with Crippen LogP contribution in [0.15, 0.2) is 30.4 Å². The van der Waals surface area contributed by atoms with E-state index in [1.807, 2.05) is 7.05 Å². The average Bonchev–Trinajstić information content (AvgIpc) is 2.33. The number of nitrogens with one attached hydrogen (secondary N) is 1. The van der Waals surface area contributed by atoms with Crippen molar-refractivity contribution in [3.63, 3.8) is 0 Å². The number of likely N-dealkylation sites (N-methyl/N-ethyl adjacent to an activating group) is 1. The highest BCUT2D eigenvalue weighted by Crippen LogP contribution is 2.23. The van der Waals surface area contributed by atoms with Crippen LogP contribution >= 0.6 is 0 Å². The second-order valence-electron chi connectivity index (χ2n) is 3.45. The van der Waals surface area contributed by atoms with E-state index < -0.39 is 0 Å². The first-order valence-corrected chi connectivity index (χ1v) is 5.18. The van der Waals surface area contributed by atoms with Crippen LogP contribution in [0.4, 0.5) is 0 Å². The first kappa shape index (κ1) is 10.1. The second-order valence-corrected chi connectivity index (χ2v) is 3.45. The minimum absolute atomic E-state index is 0.0269. The van der Waals surface area contributed by atoms with Crippen molar-refractivity contribution < 1.29 is 4.74 Å². The van der Waals surface area contributed by atoms with Crippen molar-refractivity contribution in [2.45, 2.75) is 18.9 Å². The Labute approximate surface area is 89.4 Å². The number of hydrogen-bond donors (Lipinski definition) is 1. The molecule has 2 rings (SSSR count). The van der Waals surface area contributed by atoms with Gasteiger partial charge >= 0.3 is 0 Å². The van der Waals surface area contributed by atoms with Crippen molar-refractivity contribution in [1.29, 1.82) is 0 Å². The van der Waals surface area contributed by atoms with E-state index in [0.29, 0.717) is 0 Å². The molecule has 1 aliphatic rings. The zero-order chi connectivity index (χ0) is 10.5. The minimum Gasteiger partial charge on any atom is -0.496 e. The molecule has 0 amide bonds. The normalized spacial score (nSPS) is 17.8. The van der Waals surface area contributed by atoms with E-state index in [2.05, 4.69) is 21.4 Å². The van der Waals surface area contributed by atoms with E-state index in [1.54, 1.807) is 18.6 Å². The van der Waals surface area contributed by atoms with Gasteiger partial charge in [-0.2, -0.15) is 0 Å². The molecule has 15 heavy (non-hydrogen) atoms. The molecule has 0 bridgehead atoms. The van der Waals surface area contributed by atoms with Crippen LogP contribution in [0, 0.1) is 0 Å². The highest BCUT2D eigenvalue weighted by atomic mass is 16.5. The third-order valence-corrected chi connectivity index (χ3v) is 2.41. The fourth-order valence-corrected chi connectivity index (χ4v) is 1.67. The molecule has 4 heteroatoms. The second kappa shape index (κ2) is 4.89. The molecule has 0 spiro atoms. The maximum atomic E-state index is 5.62. The Bertz CT molecular complexity index is 337. The van der Waals surface area contributed by atoms with E-state index in [1.165, 1.54) is 0 Å². The molecule has 0 aliphatic carbocycles. The van der Waals surface area contributed by atoms with Gasteiger partial charge in [-0.3, -0.25) is 9.97 Å². The Morgan fingerprint density at radius 2 is 2.40 bits per heavy atom. The Morgan fingerprint density at radius 1 is 1.47 bits per heavy atom. The number of hydrogen-bond acceptors (Lipinski definition) is 4. The molecule has 0 saturated heterocycles. The molecule has 2 heterocycles. The highest BCUT2D eigenvalue weighted by molar-refractivity contribution is 5.16. The van der Waals surface area contributed by atoms with Gasteiger partial charge in [0.25, 0.3) is 0 Å². The van der Waals surface area contributed by atoms with Gasteiger partial charge < -0.3 is 10.1 Å². The monoisotopic (exact) mass is 205 g/mol. The van der Waals surface area contributed by atoms with E-state index >= 15 is 0 Å². The largest absolute Gasteiger partial charge is 0.496 e. The summed E-state index contributed by atoms with van der Waals surface area (Å²) in [4.78, 5) is 8.34. The predicted octanol–water partition coefficient (Wildman–Crippen LogP) is 1.43. The number of aromatic nitrogens is 2. The molecular formula is C11H15N3O. The fourth-order valence-electron chi connectivity index (χ4n) is 1.67. The average molecular weight is 205 g/mol. The summed E-state index contributed by atoms with van der Waals surface area (Å²) in [5, 5.41) is 3.19. The summed E-state index contributed by atoms with van der Waals surface area (Å²) in [7, 11) is 1.90. The lowest BCUT2D eigenvalue weighted by Gasteiger charge is -2.22. The van der Waals surface area contributed by atoms with Crippen LogP contribution < -0.4 is 5.32 Å². The van der Waals surface area contributed by atoms with Crippen LogP contribution in [-0.4, -0.2) is 23.6 Å². The van der Waals surface area contributed by atoms with Gasteiger partial charge in [0.15, 0.2) is 0 Å². The zero-order valence-corrected chi connectivity index (χ0v) is 8.81. The molecule has 0 fully saturated rings. The van der Waals surface area contributed by atoms with Crippen LogP contribution in [0.2, 0.25) is 0 Å². The molecule has 1 aromatic heterocycles. The van der Waals surface area contributed by atoms with Crippen LogP contribution in [0.25, 0.3) is 0 Å². The molecule has 80 valence electrons. The Hall–Kier alpha value is -1.42. The molecule has 1 aliphatic heterocycles. The summed E-state index contributed by atoms with van der Waals surface area (Å²) in [5.41, 5.74) is 0.896. The van der Waals surface area contributed by atoms with Crippen molar-refractivity contribution in [1.82, 2.24) is 15.3 Å². The summed E-state index contributed by atoms with van der Waals surface area (Å²) < 4.78 is 5.62. The lowest BCUT2D eigenvalue weighted by atomic mass is 10.1. The smallest absolute Gasteiger partial charge is 0.115 e. The minimum atomic E-state index is 0.0269. The molecule has 0 aromatic carbocycles. The standard InChI is InChI=1S/C11H15N3O/c1-12-11(9-8-13-5-6-14-9)10-4-2-3-7-15-10/h4-6,8,11-12H,2-3,7H2,1H3. The van der Waals surface area contributed by atoms with Crippen molar-refractivity contribution in [3.05, 3.63) is 36.1 Å². The summed E-state index contributed by atoms with van der Waals surface area (Å²) >= 11 is 0. The first-order valence-electron chi connectivity index (χ1n) is 5.18. The lowest BCUT2D eigenvalue weighted by molar-refractivity contribution is 0.168. The third kappa shape index (κ3) is 2.33. The van der Waals surface area contributed by atoms with Crippen molar-refractivity contribution in [2.24, 2.45) is 0 Å². The first-order chi connectivity index (χ1) is 7.42. The Kier molecular flexibility index (Phi) is 3.29. The number of nitrogens with zero attached hydrogens (tertiary/aromatic N) is 2. The number of allylic oxidation sites excluding steroid dienone is 1. The SMILES string of the molecule is CNC(C1=CCCCO1)c1cnccn1. The quantitative estimate of drug-likeness (QED) is 0.811. The summed E-state index contributed by atoms with van der Waals surface area (Å²) in [6.07, 6.45) is 9.43. The van der Waals surface area contributed by atoms with Crippen LogP contribution in [-0.2, 0) is 4.74 Å². The fraction of sp³-hybridized carbons (Fsp3) is 0.455. The predicted molar refractivity (Wildman–Crippen MR) is 57.1 cm³/mol. The molecule has 1 unspecified atom stereocenters. The highest BCUT2D eigenvalue weighted by Gasteiger charge is 2.19. The summed E-state index contributed by atoms with van der Waals surface area (Å²) in [5.74, 6) is 0.962. The van der Waals surface area contributed by atoms with Crippen LogP contribution in [0.1, 0.15) is 24.6 Å². The maximum Gasteiger partial charge on any atom is 0.115 e. The van der Waals surface area contributed by atoms with E-state index in [0.717, 1.165) is 30.9 Å². The molecule has 1 N–H and O–H groups in total. The van der Waals surface area contributed by atoms with E-state index in [4.69, 9.17) is 4.74 Å². The number of ether oxygens (including phenoxy) is 1. The van der Waals surface area contributed by atoms with Gasteiger partial charge in [-0.1, -0.05) is 0 Å². The van der Waals surface area contributed by atoms with Gasteiger partial charge in [0.1, 0.15) is 11.8 Å². The maximum absolute atomic E-state index is 5.62. The van der Waals surface area contributed by atoms with Gasteiger partial charge in [-0.05, 0) is 26.0 Å². The molecule has 0 radical (unpaired) electrons. The van der Waals surface area contributed by atoms with E-state index in [-0.39, 0.29) is 6.04 Å². The number of rotatable bonds is 3. The van der Waals surface area contributed by atoms with Gasteiger partial charge in [0.2, 0.25) is 0 Å². The molecule has 1 atom stereocenters. The molecule has 0 saturated carbocycles.